The van der Waals surface area contributed by atoms with Crippen LogP contribution in [0.1, 0.15) is 18.9 Å². The fourth-order valence-corrected chi connectivity index (χ4v) is 2.34. The Morgan fingerprint density at radius 3 is 2.58 bits per heavy atom. The Labute approximate surface area is 153 Å². The maximum Gasteiger partial charge on any atom is 0.220 e. The molecule has 1 unspecified atom stereocenters. The number of halogens is 2. The maximum absolute atomic E-state index is 11.9. The van der Waals surface area contributed by atoms with Crippen LogP contribution < -0.4 is 15.8 Å². The topological polar surface area (TPSA) is 64.4 Å². The van der Waals surface area contributed by atoms with E-state index in [4.69, 9.17) is 22.1 Å². The van der Waals surface area contributed by atoms with E-state index in [1.165, 1.54) is 0 Å². The van der Waals surface area contributed by atoms with Gasteiger partial charge in [-0.3, -0.25) is 4.79 Å². The van der Waals surface area contributed by atoms with Crippen molar-refractivity contribution in [2.75, 3.05) is 12.3 Å². The van der Waals surface area contributed by atoms with Gasteiger partial charge in [0.05, 0.1) is 11.6 Å². The van der Waals surface area contributed by atoms with Crippen molar-refractivity contribution >= 4 is 35.6 Å². The molecule has 0 aliphatic heterocycles. The number of rotatable bonds is 7. The second kappa shape index (κ2) is 10.1. The van der Waals surface area contributed by atoms with Crippen LogP contribution in [-0.2, 0) is 11.2 Å². The minimum absolute atomic E-state index is 0. The highest BCUT2D eigenvalue weighted by molar-refractivity contribution is 6.32. The van der Waals surface area contributed by atoms with E-state index in [9.17, 15) is 4.79 Å². The van der Waals surface area contributed by atoms with E-state index in [1.807, 2.05) is 43.3 Å². The van der Waals surface area contributed by atoms with Crippen molar-refractivity contribution in [3.8, 4) is 5.75 Å². The highest BCUT2D eigenvalue weighted by Gasteiger charge is 2.09. The van der Waals surface area contributed by atoms with Crippen molar-refractivity contribution in [2.24, 2.45) is 0 Å². The van der Waals surface area contributed by atoms with Crippen molar-refractivity contribution in [1.29, 1.82) is 0 Å². The fraction of sp³-hybridized carbons (Fsp3) is 0.278. The van der Waals surface area contributed by atoms with Gasteiger partial charge in [0.15, 0.2) is 0 Å². The van der Waals surface area contributed by atoms with E-state index in [2.05, 4.69) is 5.32 Å². The standard InChI is InChI=1S/C18H21ClN2O2.ClH/c1-13(23-17-9-5-3-7-15(17)19)12-21-18(22)11-10-14-6-2-4-8-16(14)20;/h2-9,13H,10-12,20H2,1H3,(H,21,22);1H. The summed E-state index contributed by atoms with van der Waals surface area (Å²) < 4.78 is 5.71. The Morgan fingerprint density at radius 1 is 1.21 bits per heavy atom. The molecule has 2 aromatic rings. The largest absolute Gasteiger partial charge is 0.487 e. The second-order valence-corrected chi connectivity index (χ2v) is 5.77. The molecule has 2 rings (SSSR count). The molecule has 24 heavy (non-hydrogen) atoms. The Balaban J connectivity index is 0.00000288. The molecule has 130 valence electrons. The number of amides is 1. The number of benzene rings is 2. The van der Waals surface area contributed by atoms with Crippen LogP contribution in [0.25, 0.3) is 0 Å². The number of para-hydroxylation sites is 2. The number of ether oxygens (including phenoxy) is 1. The van der Waals surface area contributed by atoms with Gasteiger partial charge in [-0.25, -0.2) is 0 Å². The van der Waals surface area contributed by atoms with Crippen molar-refractivity contribution in [3.05, 3.63) is 59.1 Å². The number of nitrogens with two attached hydrogens (primary N) is 1. The van der Waals surface area contributed by atoms with Crippen LogP contribution in [0.15, 0.2) is 48.5 Å². The number of nitrogens with one attached hydrogen (secondary N) is 1. The van der Waals surface area contributed by atoms with Crippen molar-refractivity contribution in [2.45, 2.75) is 25.9 Å². The summed E-state index contributed by atoms with van der Waals surface area (Å²) in [5.41, 5.74) is 7.57. The summed E-state index contributed by atoms with van der Waals surface area (Å²) in [6.45, 7) is 2.31. The van der Waals surface area contributed by atoms with Crippen LogP contribution in [0, 0.1) is 0 Å². The van der Waals surface area contributed by atoms with E-state index in [1.54, 1.807) is 12.1 Å². The van der Waals surface area contributed by atoms with Gasteiger partial charge in [0.2, 0.25) is 5.91 Å². The van der Waals surface area contributed by atoms with E-state index < -0.39 is 0 Å². The van der Waals surface area contributed by atoms with Crippen LogP contribution in [0.3, 0.4) is 0 Å². The van der Waals surface area contributed by atoms with Crippen molar-refractivity contribution in [3.63, 3.8) is 0 Å². The van der Waals surface area contributed by atoms with Gasteiger partial charge in [-0.05, 0) is 37.1 Å². The first-order valence-corrected chi connectivity index (χ1v) is 7.95. The molecule has 0 saturated heterocycles. The average molecular weight is 369 g/mol. The van der Waals surface area contributed by atoms with Crippen molar-refractivity contribution in [1.82, 2.24) is 5.32 Å². The molecule has 0 fully saturated rings. The predicted molar refractivity (Wildman–Crippen MR) is 101 cm³/mol. The van der Waals surface area contributed by atoms with E-state index in [0.717, 1.165) is 11.3 Å². The van der Waals surface area contributed by atoms with Crippen molar-refractivity contribution < 1.29 is 9.53 Å². The summed E-state index contributed by atoms with van der Waals surface area (Å²) in [5, 5.41) is 3.42. The number of anilines is 1. The molecule has 0 aliphatic rings. The zero-order chi connectivity index (χ0) is 16.7. The Morgan fingerprint density at radius 2 is 1.88 bits per heavy atom. The Hall–Kier alpha value is -1.91. The highest BCUT2D eigenvalue weighted by Crippen LogP contribution is 2.24. The van der Waals surface area contributed by atoms with Crippen LogP contribution in [-0.4, -0.2) is 18.6 Å². The summed E-state index contributed by atoms with van der Waals surface area (Å²) in [7, 11) is 0. The first-order valence-electron chi connectivity index (χ1n) is 7.57. The lowest BCUT2D eigenvalue weighted by atomic mass is 10.1. The van der Waals surface area contributed by atoms with Crippen LogP contribution in [0.5, 0.6) is 5.75 Å². The van der Waals surface area contributed by atoms with Crippen LogP contribution in [0.2, 0.25) is 5.02 Å². The smallest absolute Gasteiger partial charge is 0.220 e. The molecule has 0 saturated carbocycles. The van der Waals surface area contributed by atoms with Crippen LogP contribution >= 0.6 is 24.0 Å². The lowest BCUT2D eigenvalue weighted by Gasteiger charge is -2.16. The Bertz CT molecular complexity index is 665. The highest BCUT2D eigenvalue weighted by atomic mass is 35.5. The number of carbonyl (C=O) groups is 1. The Kier molecular flexibility index (Phi) is 8.44. The SMILES string of the molecule is CC(CNC(=O)CCc1ccccc1N)Oc1ccccc1Cl.Cl. The van der Waals surface area contributed by atoms with Gasteiger partial charge in [0.1, 0.15) is 11.9 Å². The summed E-state index contributed by atoms with van der Waals surface area (Å²) in [5.74, 6) is 0.593. The van der Waals surface area contributed by atoms with Gasteiger partial charge in [-0.15, -0.1) is 12.4 Å². The molecule has 1 amide bonds. The van der Waals surface area contributed by atoms with Gasteiger partial charge in [0, 0.05) is 12.1 Å². The first-order chi connectivity index (χ1) is 11.1. The summed E-state index contributed by atoms with van der Waals surface area (Å²) in [4.78, 5) is 11.9. The minimum Gasteiger partial charge on any atom is -0.487 e. The molecule has 0 aliphatic carbocycles. The second-order valence-electron chi connectivity index (χ2n) is 5.36. The summed E-state index contributed by atoms with van der Waals surface area (Å²) in [6, 6.07) is 14.9. The molecule has 0 spiro atoms. The molecule has 0 heterocycles. The predicted octanol–water partition coefficient (Wildman–Crippen LogP) is 3.86. The number of hydrogen-bond donors (Lipinski definition) is 2. The van der Waals surface area contributed by atoms with Gasteiger partial charge in [0.25, 0.3) is 0 Å². The van der Waals surface area contributed by atoms with E-state index in [0.29, 0.717) is 30.2 Å². The average Bonchev–Trinajstić information content (AvgIpc) is 2.54. The molecule has 0 bridgehead atoms. The molecule has 2 aromatic carbocycles. The van der Waals surface area contributed by atoms with E-state index in [-0.39, 0.29) is 24.4 Å². The number of nitrogen functional groups attached to an aromatic ring is 1. The van der Waals surface area contributed by atoms with Gasteiger partial charge < -0.3 is 15.8 Å². The number of carbonyl (C=O) groups excluding carboxylic acids is 1. The lowest BCUT2D eigenvalue weighted by molar-refractivity contribution is -0.121. The maximum atomic E-state index is 11.9. The summed E-state index contributed by atoms with van der Waals surface area (Å²) >= 11 is 6.04. The molecule has 0 aromatic heterocycles. The summed E-state index contributed by atoms with van der Waals surface area (Å²) in [6.07, 6.45) is 0.853. The molecule has 0 radical (unpaired) electrons. The number of aryl methyl sites for hydroxylation is 1. The third-order valence-corrected chi connectivity index (χ3v) is 3.74. The lowest BCUT2D eigenvalue weighted by Crippen LogP contribution is -2.33. The molecular formula is C18H22Cl2N2O2. The minimum atomic E-state index is -0.166. The molecule has 4 nitrogen and oxygen atoms in total. The normalized spacial score (nSPS) is 11.2. The van der Waals surface area contributed by atoms with E-state index >= 15 is 0 Å². The zero-order valence-corrected chi connectivity index (χ0v) is 15.1. The first kappa shape index (κ1) is 20.1. The molecule has 6 heteroatoms. The van der Waals surface area contributed by atoms with Gasteiger partial charge >= 0.3 is 0 Å². The fourth-order valence-electron chi connectivity index (χ4n) is 2.15. The zero-order valence-electron chi connectivity index (χ0n) is 13.5. The third kappa shape index (κ3) is 6.30. The quantitative estimate of drug-likeness (QED) is 0.729. The van der Waals surface area contributed by atoms with Crippen LogP contribution in [0.4, 0.5) is 5.69 Å². The van der Waals surface area contributed by atoms with Gasteiger partial charge in [-0.1, -0.05) is 41.9 Å². The number of hydrogen-bond acceptors (Lipinski definition) is 3. The molecular weight excluding hydrogens is 347 g/mol. The third-order valence-electron chi connectivity index (χ3n) is 3.43. The molecule has 3 N–H and O–H groups in total. The molecule has 1 atom stereocenters. The monoisotopic (exact) mass is 368 g/mol. The van der Waals surface area contributed by atoms with Gasteiger partial charge in [-0.2, -0.15) is 0 Å².